The monoisotopic (exact) mass is 351 g/mol. The van der Waals surface area contributed by atoms with Gasteiger partial charge in [-0.2, -0.15) is 0 Å². The van der Waals surface area contributed by atoms with E-state index in [0.717, 1.165) is 24.8 Å². The summed E-state index contributed by atoms with van der Waals surface area (Å²) in [6.07, 6.45) is 6.26. The number of aryl methyl sites for hydroxylation is 1. The van der Waals surface area contributed by atoms with Crippen LogP contribution in [0.2, 0.25) is 0 Å². The lowest BCUT2D eigenvalue weighted by atomic mass is 9.88. The Hall–Kier alpha value is -2.75. The molecule has 2 aromatic rings. The maximum absolute atomic E-state index is 12.3. The lowest BCUT2D eigenvalue weighted by Gasteiger charge is -2.25. The number of nitrogens with one attached hydrogen (secondary N) is 1. The van der Waals surface area contributed by atoms with Gasteiger partial charge in [0.25, 0.3) is 0 Å². The van der Waals surface area contributed by atoms with E-state index in [-0.39, 0.29) is 11.9 Å². The van der Waals surface area contributed by atoms with Crippen molar-refractivity contribution >= 4 is 12.0 Å². The first-order valence-corrected chi connectivity index (χ1v) is 9.05. The van der Waals surface area contributed by atoms with E-state index in [9.17, 15) is 4.79 Å². The Kier molecular flexibility index (Phi) is 5.95. The van der Waals surface area contributed by atoms with Crippen LogP contribution < -0.4 is 14.8 Å². The summed E-state index contributed by atoms with van der Waals surface area (Å²) in [5, 5.41) is 3.11. The van der Waals surface area contributed by atoms with Crippen molar-refractivity contribution in [2.75, 3.05) is 13.7 Å². The molecule has 0 radical (unpaired) electrons. The Labute approximate surface area is 154 Å². The van der Waals surface area contributed by atoms with Crippen molar-refractivity contribution in [1.29, 1.82) is 0 Å². The molecular formula is C22H25NO3. The third kappa shape index (κ3) is 4.45. The van der Waals surface area contributed by atoms with Crippen LogP contribution >= 0.6 is 0 Å². The number of rotatable bonds is 6. The second kappa shape index (κ2) is 8.56. The standard InChI is InChI=1S/C22H25NO3/c1-3-26-20-12-8-16(14-21(20)25-2)9-13-22(24)23-19-11-10-17-6-4-5-7-18(17)15-19/h4-9,12-14,19H,3,10-11,15H2,1-2H3,(H,23,24)/b13-9+. The van der Waals surface area contributed by atoms with E-state index in [1.165, 1.54) is 11.1 Å². The van der Waals surface area contributed by atoms with E-state index in [4.69, 9.17) is 9.47 Å². The molecule has 1 unspecified atom stereocenters. The highest BCUT2D eigenvalue weighted by atomic mass is 16.5. The molecule has 4 heteroatoms. The van der Waals surface area contributed by atoms with Crippen LogP contribution in [-0.2, 0) is 17.6 Å². The third-order valence-corrected chi connectivity index (χ3v) is 4.61. The molecule has 2 aromatic carbocycles. The quantitative estimate of drug-likeness (QED) is 0.806. The number of fused-ring (bicyclic) bond motifs is 1. The number of ether oxygens (including phenoxy) is 2. The number of carbonyl (C=O) groups excluding carboxylic acids is 1. The van der Waals surface area contributed by atoms with Gasteiger partial charge in [-0.05, 0) is 61.1 Å². The smallest absolute Gasteiger partial charge is 0.244 e. The number of amides is 1. The largest absolute Gasteiger partial charge is 0.493 e. The van der Waals surface area contributed by atoms with Crippen molar-refractivity contribution in [1.82, 2.24) is 5.32 Å². The molecule has 1 aliphatic carbocycles. The van der Waals surface area contributed by atoms with Crippen LogP contribution in [0.4, 0.5) is 0 Å². The minimum absolute atomic E-state index is 0.0674. The lowest BCUT2D eigenvalue weighted by molar-refractivity contribution is -0.117. The average molecular weight is 351 g/mol. The molecule has 0 spiro atoms. The Balaban J connectivity index is 1.60. The van der Waals surface area contributed by atoms with Crippen molar-refractivity contribution in [3.8, 4) is 11.5 Å². The molecule has 1 N–H and O–H groups in total. The number of methoxy groups -OCH3 is 1. The van der Waals surface area contributed by atoms with Gasteiger partial charge in [-0.15, -0.1) is 0 Å². The second-order valence-corrected chi connectivity index (χ2v) is 6.39. The maximum atomic E-state index is 12.3. The SMILES string of the molecule is CCOc1ccc(/C=C/C(=O)NC2CCc3ccccc3C2)cc1OC. The summed E-state index contributed by atoms with van der Waals surface area (Å²) in [5.74, 6) is 1.30. The number of benzene rings is 2. The molecule has 0 aromatic heterocycles. The first-order chi connectivity index (χ1) is 12.7. The highest BCUT2D eigenvalue weighted by Gasteiger charge is 2.18. The molecule has 1 amide bonds. The number of hydrogen-bond acceptors (Lipinski definition) is 3. The summed E-state index contributed by atoms with van der Waals surface area (Å²) in [4.78, 5) is 12.3. The molecule has 0 heterocycles. The minimum Gasteiger partial charge on any atom is -0.493 e. The molecule has 0 saturated heterocycles. The fourth-order valence-electron chi connectivity index (χ4n) is 3.30. The Bertz CT molecular complexity index is 798. The summed E-state index contributed by atoms with van der Waals surface area (Å²) >= 11 is 0. The van der Waals surface area contributed by atoms with Gasteiger partial charge < -0.3 is 14.8 Å². The molecular weight excluding hydrogens is 326 g/mol. The zero-order valence-corrected chi connectivity index (χ0v) is 15.3. The molecule has 0 fully saturated rings. The summed E-state index contributed by atoms with van der Waals surface area (Å²) < 4.78 is 10.9. The molecule has 0 bridgehead atoms. The zero-order chi connectivity index (χ0) is 18.4. The molecule has 0 aliphatic heterocycles. The molecule has 0 saturated carbocycles. The predicted octanol–water partition coefficient (Wildman–Crippen LogP) is 3.78. The van der Waals surface area contributed by atoms with Crippen LogP contribution in [0.5, 0.6) is 11.5 Å². The third-order valence-electron chi connectivity index (χ3n) is 4.61. The van der Waals surface area contributed by atoms with E-state index in [2.05, 4.69) is 29.6 Å². The fourth-order valence-corrected chi connectivity index (χ4v) is 3.30. The number of carbonyl (C=O) groups is 1. The Morgan fingerprint density at radius 1 is 1.19 bits per heavy atom. The highest BCUT2D eigenvalue weighted by Crippen LogP contribution is 2.28. The van der Waals surface area contributed by atoms with E-state index in [1.807, 2.05) is 25.1 Å². The Morgan fingerprint density at radius 2 is 2.00 bits per heavy atom. The van der Waals surface area contributed by atoms with E-state index >= 15 is 0 Å². The van der Waals surface area contributed by atoms with Crippen LogP contribution in [-0.4, -0.2) is 25.7 Å². The van der Waals surface area contributed by atoms with Crippen molar-refractivity contribution in [3.05, 3.63) is 65.2 Å². The van der Waals surface area contributed by atoms with Gasteiger partial charge in [0.2, 0.25) is 5.91 Å². The minimum atomic E-state index is -0.0674. The lowest BCUT2D eigenvalue weighted by Crippen LogP contribution is -2.37. The van der Waals surface area contributed by atoms with Crippen LogP contribution in [0.25, 0.3) is 6.08 Å². The molecule has 136 valence electrons. The predicted molar refractivity (Wildman–Crippen MR) is 104 cm³/mol. The van der Waals surface area contributed by atoms with Gasteiger partial charge in [0.05, 0.1) is 13.7 Å². The first-order valence-electron chi connectivity index (χ1n) is 9.05. The fraction of sp³-hybridized carbons (Fsp3) is 0.318. The summed E-state index contributed by atoms with van der Waals surface area (Å²) in [6.45, 7) is 2.51. The Morgan fingerprint density at radius 3 is 2.77 bits per heavy atom. The van der Waals surface area contributed by atoms with Gasteiger partial charge in [0.1, 0.15) is 0 Å². The van der Waals surface area contributed by atoms with E-state index in [0.29, 0.717) is 18.1 Å². The van der Waals surface area contributed by atoms with Crippen molar-refractivity contribution in [2.24, 2.45) is 0 Å². The van der Waals surface area contributed by atoms with Crippen LogP contribution in [0.1, 0.15) is 30.0 Å². The van der Waals surface area contributed by atoms with Crippen LogP contribution in [0.3, 0.4) is 0 Å². The average Bonchev–Trinajstić information content (AvgIpc) is 2.67. The summed E-state index contributed by atoms with van der Waals surface area (Å²) in [7, 11) is 1.61. The zero-order valence-electron chi connectivity index (χ0n) is 15.3. The maximum Gasteiger partial charge on any atom is 0.244 e. The first kappa shape index (κ1) is 18.1. The summed E-state index contributed by atoms with van der Waals surface area (Å²) in [6, 6.07) is 14.3. The van der Waals surface area contributed by atoms with Gasteiger partial charge in [-0.1, -0.05) is 30.3 Å². The summed E-state index contributed by atoms with van der Waals surface area (Å²) in [5.41, 5.74) is 3.63. The van der Waals surface area contributed by atoms with Gasteiger partial charge in [0.15, 0.2) is 11.5 Å². The highest BCUT2D eigenvalue weighted by molar-refractivity contribution is 5.92. The topological polar surface area (TPSA) is 47.6 Å². The normalized spacial score (nSPS) is 16.2. The van der Waals surface area contributed by atoms with Gasteiger partial charge in [-0.25, -0.2) is 0 Å². The molecule has 1 atom stereocenters. The van der Waals surface area contributed by atoms with E-state index < -0.39 is 0 Å². The second-order valence-electron chi connectivity index (χ2n) is 6.39. The van der Waals surface area contributed by atoms with Gasteiger partial charge in [-0.3, -0.25) is 4.79 Å². The van der Waals surface area contributed by atoms with Crippen molar-refractivity contribution in [2.45, 2.75) is 32.2 Å². The molecule has 4 nitrogen and oxygen atoms in total. The molecule has 1 aliphatic rings. The molecule has 3 rings (SSSR count). The molecule has 26 heavy (non-hydrogen) atoms. The van der Waals surface area contributed by atoms with Crippen molar-refractivity contribution in [3.63, 3.8) is 0 Å². The van der Waals surface area contributed by atoms with Crippen molar-refractivity contribution < 1.29 is 14.3 Å². The van der Waals surface area contributed by atoms with E-state index in [1.54, 1.807) is 19.3 Å². The van der Waals surface area contributed by atoms with Crippen LogP contribution in [0, 0.1) is 0 Å². The van der Waals surface area contributed by atoms with Gasteiger partial charge >= 0.3 is 0 Å². The van der Waals surface area contributed by atoms with Crippen LogP contribution in [0.15, 0.2) is 48.5 Å². The van der Waals surface area contributed by atoms with Gasteiger partial charge in [0, 0.05) is 12.1 Å². The number of hydrogen-bond donors (Lipinski definition) is 1.